The molecule has 3 heterocycles. The van der Waals surface area contributed by atoms with E-state index in [0.29, 0.717) is 0 Å². The Morgan fingerprint density at radius 3 is 2.88 bits per heavy atom. The van der Waals surface area contributed by atoms with Gasteiger partial charge in [0.15, 0.2) is 18.0 Å². The molecular weight excluding hydrogens is 341 g/mol. The number of nitrogens with two attached hydrogens (primary N) is 1. The van der Waals surface area contributed by atoms with Crippen LogP contribution in [0.1, 0.15) is 6.23 Å². The predicted molar refractivity (Wildman–Crippen MR) is 80.1 cm³/mol. The third-order valence-corrected chi connectivity index (χ3v) is 3.96. The zero-order valence-electron chi connectivity index (χ0n) is 13.1. The van der Waals surface area contributed by atoms with Crippen LogP contribution < -0.4 is 11.4 Å². The van der Waals surface area contributed by atoms with Crippen molar-refractivity contribution in [3.8, 4) is 0 Å². The highest BCUT2D eigenvalue weighted by molar-refractivity contribution is 5.76. The summed E-state index contributed by atoms with van der Waals surface area (Å²) in [5.41, 5.74) is 4.82. The topological polar surface area (TPSA) is 155 Å². The number of esters is 1. The lowest BCUT2D eigenvalue weighted by Crippen LogP contribution is -2.35. The Morgan fingerprint density at radius 2 is 2.28 bits per heavy atom. The van der Waals surface area contributed by atoms with Crippen molar-refractivity contribution in [2.75, 3.05) is 19.5 Å². The predicted octanol–water partition coefficient (Wildman–Crippen LogP) is -2.06. The molecule has 1 aliphatic heterocycles. The van der Waals surface area contributed by atoms with Gasteiger partial charge in [-0.2, -0.15) is 4.98 Å². The van der Waals surface area contributed by atoms with Crippen molar-refractivity contribution in [1.82, 2.24) is 19.1 Å². The molecule has 1 fully saturated rings. The molecule has 1 aliphatic rings. The van der Waals surface area contributed by atoms with Gasteiger partial charge in [0.25, 0.3) is 0 Å². The standard InChI is InChI=1S/C13H16FN5O6/c1-24-7(21)3-18-5-2-16-12(15)17-10(5)19(13(18)23)11-9(22)8(14)6(4-20)25-11/h2,6,8-9,11,20,22H,3-4H2,1H3,(H2,15,16,17)/t6-,8-,9-,11-/m1/s1. The first-order valence-electron chi connectivity index (χ1n) is 7.27. The van der Waals surface area contributed by atoms with Gasteiger partial charge in [0, 0.05) is 0 Å². The number of carbonyl (C=O) groups is 1. The van der Waals surface area contributed by atoms with Crippen molar-refractivity contribution in [3.63, 3.8) is 0 Å². The Hall–Kier alpha value is -2.57. The largest absolute Gasteiger partial charge is 0.468 e. The summed E-state index contributed by atoms with van der Waals surface area (Å²) in [6.07, 6.45) is -5.15. The molecule has 2 aromatic heterocycles. The lowest BCUT2D eigenvalue weighted by atomic mass is 10.1. The van der Waals surface area contributed by atoms with E-state index >= 15 is 0 Å². The number of anilines is 1. The van der Waals surface area contributed by atoms with Crippen LogP contribution in [0.2, 0.25) is 0 Å². The normalized spacial score (nSPS) is 26.2. The molecule has 2 aromatic rings. The first kappa shape index (κ1) is 17.3. The summed E-state index contributed by atoms with van der Waals surface area (Å²) in [7, 11) is 1.16. The zero-order valence-corrected chi connectivity index (χ0v) is 13.1. The summed E-state index contributed by atoms with van der Waals surface area (Å²) in [6.45, 7) is -1.13. The molecule has 25 heavy (non-hydrogen) atoms. The molecule has 11 nitrogen and oxygen atoms in total. The van der Waals surface area contributed by atoms with Gasteiger partial charge < -0.3 is 25.4 Å². The lowest BCUT2D eigenvalue weighted by molar-refractivity contribution is -0.141. The third kappa shape index (κ3) is 2.73. The summed E-state index contributed by atoms with van der Waals surface area (Å²) < 4.78 is 25.7. The van der Waals surface area contributed by atoms with Crippen LogP contribution in [0.5, 0.6) is 0 Å². The Balaban J connectivity index is 2.18. The fraction of sp³-hybridized carbons (Fsp3) is 0.538. The summed E-state index contributed by atoms with van der Waals surface area (Å²) in [5.74, 6) is -0.873. The number of carbonyl (C=O) groups excluding carboxylic acids is 1. The van der Waals surface area contributed by atoms with Crippen LogP contribution >= 0.6 is 0 Å². The van der Waals surface area contributed by atoms with Crippen molar-refractivity contribution >= 4 is 23.1 Å². The van der Waals surface area contributed by atoms with Crippen LogP contribution in [0, 0.1) is 0 Å². The van der Waals surface area contributed by atoms with E-state index in [4.69, 9.17) is 15.6 Å². The van der Waals surface area contributed by atoms with E-state index in [1.165, 1.54) is 6.20 Å². The number of aliphatic hydroxyl groups is 2. The quantitative estimate of drug-likeness (QED) is 0.524. The van der Waals surface area contributed by atoms with Crippen molar-refractivity contribution in [2.24, 2.45) is 0 Å². The van der Waals surface area contributed by atoms with Gasteiger partial charge in [-0.1, -0.05) is 0 Å². The number of imidazole rings is 1. The molecule has 12 heteroatoms. The van der Waals surface area contributed by atoms with E-state index in [1.54, 1.807) is 0 Å². The second-order valence-electron chi connectivity index (χ2n) is 5.43. The summed E-state index contributed by atoms with van der Waals surface area (Å²) in [4.78, 5) is 32.0. The van der Waals surface area contributed by atoms with E-state index < -0.39 is 49.4 Å². The van der Waals surface area contributed by atoms with E-state index in [9.17, 15) is 19.1 Å². The molecule has 4 N–H and O–H groups in total. The molecule has 1 saturated heterocycles. The van der Waals surface area contributed by atoms with Crippen LogP contribution in [0.15, 0.2) is 11.0 Å². The first-order chi connectivity index (χ1) is 11.9. The van der Waals surface area contributed by atoms with Crippen molar-refractivity contribution < 1.29 is 28.9 Å². The Kier molecular flexibility index (Phi) is 4.41. The fourth-order valence-electron chi connectivity index (χ4n) is 2.72. The summed E-state index contributed by atoms with van der Waals surface area (Å²) in [5, 5.41) is 19.2. The monoisotopic (exact) mass is 357 g/mol. The highest BCUT2D eigenvalue weighted by atomic mass is 19.1. The Morgan fingerprint density at radius 1 is 1.56 bits per heavy atom. The van der Waals surface area contributed by atoms with Gasteiger partial charge in [-0.05, 0) is 0 Å². The molecule has 0 saturated carbocycles. The number of aromatic nitrogens is 4. The van der Waals surface area contributed by atoms with Crippen LogP contribution in [0.4, 0.5) is 10.3 Å². The van der Waals surface area contributed by atoms with E-state index in [2.05, 4.69) is 14.7 Å². The van der Waals surface area contributed by atoms with Gasteiger partial charge in [-0.15, -0.1) is 0 Å². The molecule has 0 unspecified atom stereocenters. The SMILES string of the molecule is COC(=O)Cn1c(=O)n([C@@H]2O[C@H](CO)[C@@H](F)[C@H]2O)c2nc(N)ncc21. The van der Waals surface area contributed by atoms with Crippen molar-refractivity contribution in [2.45, 2.75) is 31.2 Å². The van der Waals surface area contributed by atoms with Crippen LogP contribution in [0.25, 0.3) is 11.2 Å². The minimum atomic E-state index is -1.90. The average Bonchev–Trinajstić information content (AvgIpc) is 3.02. The van der Waals surface area contributed by atoms with Gasteiger partial charge in [-0.3, -0.25) is 9.36 Å². The first-order valence-corrected chi connectivity index (χ1v) is 7.27. The van der Waals surface area contributed by atoms with Crippen molar-refractivity contribution in [3.05, 3.63) is 16.7 Å². The maximum absolute atomic E-state index is 14.0. The van der Waals surface area contributed by atoms with Gasteiger partial charge in [0.1, 0.15) is 24.3 Å². The van der Waals surface area contributed by atoms with Gasteiger partial charge >= 0.3 is 11.7 Å². The Labute approximate surface area is 139 Å². The number of methoxy groups -OCH3 is 1. The molecule has 0 radical (unpaired) electrons. The van der Waals surface area contributed by atoms with Gasteiger partial charge in [-0.25, -0.2) is 18.7 Å². The minimum absolute atomic E-state index is 0.0451. The number of halogens is 1. The minimum Gasteiger partial charge on any atom is -0.468 e. The molecule has 3 rings (SSSR count). The zero-order chi connectivity index (χ0) is 18.3. The van der Waals surface area contributed by atoms with E-state index in [1.807, 2.05) is 0 Å². The number of nitrogen functional groups attached to an aromatic ring is 1. The second kappa shape index (κ2) is 6.38. The lowest BCUT2D eigenvalue weighted by Gasteiger charge is -2.15. The summed E-state index contributed by atoms with van der Waals surface area (Å²) in [6, 6.07) is 0. The number of nitrogens with zero attached hydrogens (tertiary/aromatic N) is 4. The van der Waals surface area contributed by atoms with Crippen molar-refractivity contribution in [1.29, 1.82) is 0 Å². The molecule has 0 aromatic carbocycles. The number of hydrogen-bond donors (Lipinski definition) is 3. The highest BCUT2D eigenvalue weighted by Crippen LogP contribution is 2.32. The number of aliphatic hydroxyl groups excluding tert-OH is 2. The number of fused-ring (bicyclic) bond motifs is 1. The highest BCUT2D eigenvalue weighted by Gasteiger charge is 2.46. The fourth-order valence-corrected chi connectivity index (χ4v) is 2.72. The second-order valence-corrected chi connectivity index (χ2v) is 5.43. The number of rotatable bonds is 4. The Bertz CT molecular complexity index is 866. The molecule has 136 valence electrons. The average molecular weight is 357 g/mol. The third-order valence-electron chi connectivity index (χ3n) is 3.96. The van der Waals surface area contributed by atoms with Crippen LogP contribution in [0.3, 0.4) is 0 Å². The van der Waals surface area contributed by atoms with Gasteiger partial charge in [0.05, 0.1) is 19.9 Å². The molecule has 0 bridgehead atoms. The number of ether oxygens (including phenoxy) is 2. The smallest absolute Gasteiger partial charge is 0.333 e. The van der Waals surface area contributed by atoms with Gasteiger partial charge in [0.2, 0.25) is 5.95 Å². The molecule has 0 aliphatic carbocycles. The van der Waals surface area contributed by atoms with E-state index in [0.717, 1.165) is 16.2 Å². The maximum Gasteiger partial charge on any atom is 0.333 e. The van der Waals surface area contributed by atoms with Crippen LogP contribution in [-0.2, 0) is 20.8 Å². The molecular formula is C13H16FN5O6. The molecule has 0 amide bonds. The molecule has 0 spiro atoms. The van der Waals surface area contributed by atoms with Crippen LogP contribution in [-0.4, -0.2) is 67.4 Å². The number of hydrogen-bond acceptors (Lipinski definition) is 9. The number of alkyl halides is 1. The summed E-state index contributed by atoms with van der Waals surface area (Å²) >= 11 is 0. The van der Waals surface area contributed by atoms with E-state index in [-0.39, 0.29) is 17.1 Å². The maximum atomic E-state index is 14.0. The molecule has 4 atom stereocenters.